The quantitative estimate of drug-likeness (QED) is 0.557. The second kappa shape index (κ2) is 8.06. The van der Waals surface area contributed by atoms with E-state index in [0.29, 0.717) is 13.0 Å². The third-order valence-electron chi connectivity index (χ3n) is 5.85. The van der Waals surface area contributed by atoms with Gasteiger partial charge in [-0.2, -0.15) is 5.10 Å². The monoisotopic (exact) mass is 446 g/mol. The van der Waals surface area contributed by atoms with Gasteiger partial charge in [-0.25, -0.2) is 4.98 Å². The highest BCUT2D eigenvalue weighted by atomic mass is 32.1. The maximum atomic E-state index is 12.6. The molecule has 2 aromatic rings. The van der Waals surface area contributed by atoms with Crippen LogP contribution in [0.2, 0.25) is 0 Å². The van der Waals surface area contributed by atoms with Gasteiger partial charge in [-0.3, -0.25) is 14.4 Å². The van der Waals surface area contributed by atoms with E-state index in [1.165, 1.54) is 11.3 Å². The summed E-state index contributed by atoms with van der Waals surface area (Å²) < 4.78 is 7.82. The van der Waals surface area contributed by atoms with Crippen molar-refractivity contribution in [3.8, 4) is 0 Å². The lowest BCUT2D eigenvalue weighted by molar-refractivity contribution is 0.0916. The summed E-state index contributed by atoms with van der Waals surface area (Å²) in [6.07, 6.45) is 18.8. The minimum atomic E-state index is -0.0402. The highest BCUT2D eigenvalue weighted by Gasteiger charge is 2.34. The van der Waals surface area contributed by atoms with Crippen LogP contribution in [-0.2, 0) is 17.7 Å². The van der Waals surface area contributed by atoms with Gasteiger partial charge in [0, 0.05) is 30.0 Å². The molecule has 0 N–H and O–H groups in total. The topological polar surface area (TPSA) is 60.2 Å². The molecule has 0 fully saturated rings. The highest BCUT2D eigenvalue weighted by Crippen LogP contribution is 2.40. The number of anilines is 1. The summed E-state index contributed by atoms with van der Waals surface area (Å²) in [6, 6.07) is 0. The summed E-state index contributed by atoms with van der Waals surface area (Å²) in [7, 11) is 0. The van der Waals surface area contributed by atoms with E-state index in [4.69, 9.17) is 9.72 Å². The molecule has 1 aliphatic heterocycles. The fourth-order valence-corrected chi connectivity index (χ4v) is 5.36. The van der Waals surface area contributed by atoms with E-state index in [1.807, 2.05) is 40.5 Å². The molecule has 0 spiro atoms. The number of thiazole rings is 1. The zero-order chi connectivity index (χ0) is 22.3. The van der Waals surface area contributed by atoms with Gasteiger partial charge in [0.15, 0.2) is 10.9 Å². The normalized spacial score (nSPS) is 19.6. The number of carbonyl (C=O) groups excluding carboxylic acids is 1. The maximum Gasteiger partial charge on any atom is 0.194 e. The van der Waals surface area contributed by atoms with E-state index in [9.17, 15) is 4.79 Å². The minimum Gasteiger partial charge on any atom is -0.462 e. The predicted octanol–water partition coefficient (Wildman–Crippen LogP) is 5.63. The van der Waals surface area contributed by atoms with Crippen LogP contribution in [0.5, 0.6) is 0 Å². The Labute approximate surface area is 191 Å². The Morgan fingerprint density at radius 1 is 1.34 bits per heavy atom. The SMILES string of the molecule is C=CCn1cc(C2=C(C3=CN(c4nc5c(s4)C(=O)CC(C)(C)C5)C=CO3)CCC=C2)cn1. The number of nitrogens with zero attached hydrogens (tertiary/aromatic N) is 4. The molecule has 0 radical (unpaired) electrons. The Bertz CT molecular complexity index is 1210. The van der Waals surface area contributed by atoms with Gasteiger partial charge in [-0.15, -0.1) is 6.58 Å². The summed E-state index contributed by atoms with van der Waals surface area (Å²) in [4.78, 5) is 20.2. The average molecular weight is 447 g/mol. The Morgan fingerprint density at radius 2 is 2.22 bits per heavy atom. The number of ketones is 1. The third-order valence-corrected chi connectivity index (χ3v) is 7.00. The summed E-state index contributed by atoms with van der Waals surface area (Å²) in [5, 5.41) is 5.23. The maximum absolute atomic E-state index is 12.6. The zero-order valence-corrected chi connectivity index (χ0v) is 19.2. The number of hydrogen-bond acceptors (Lipinski definition) is 6. The zero-order valence-electron chi connectivity index (χ0n) is 18.4. The number of ether oxygens (including phenoxy) is 1. The first-order chi connectivity index (χ1) is 15.4. The molecule has 0 aromatic carbocycles. The van der Waals surface area contributed by atoms with Gasteiger partial charge >= 0.3 is 0 Å². The molecule has 7 heteroatoms. The highest BCUT2D eigenvalue weighted by molar-refractivity contribution is 7.17. The minimum absolute atomic E-state index is 0.0402. The van der Waals surface area contributed by atoms with Gasteiger partial charge in [0.2, 0.25) is 0 Å². The lowest BCUT2D eigenvalue weighted by Crippen LogP contribution is -2.26. The van der Waals surface area contributed by atoms with Crippen LogP contribution < -0.4 is 4.90 Å². The third kappa shape index (κ3) is 3.88. The van der Waals surface area contributed by atoms with Crippen LogP contribution in [0.3, 0.4) is 0 Å². The number of Topliss-reactive ketones (excluding diaryl/α,β-unsaturated/α-hetero) is 1. The van der Waals surface area contributed by atoms with Gasteiger partial charge in [0.1, 0.15) is 12.0 Å². The number of carbonyl (C=O) groups is 1. The predicted molar refractivity (Wildman–Crippen MR) is 127 cm³/mol. The van der Waals surface area contributed by atoms with Crippen molar-refractivity contribution in [3.63, 3.8) is 0 Å². The van der Waals surface area contributed by atoms with Crippen LogP contribution >= 0.6 is 11.3 Å². The lowest BCUT2D eigenvalue weighted by atomic mass is 9.78. The molecule has 32 heavy (non-hydrogen) atoms. The smallest absolute Gasteiger partial charge is 0.194 e. The molecule has 0 unspecified atom stereocenters. The van der Waals surface area contributed by atoms with Crippen LogP contribution in [0.4, 0.5) is 5.13 Å². The largest absolute Gasteiger partial charge is 0.462 e. The summed E-state index contributed by atoms with van der Waals surface area (Å²) in [5.41, 5.74) is 4.18. The first-order valence-electron chi connectivity index (χ1n) is 10.8. The van der Waals surface area contributed by atoms with Gasteiger partial charge < -0.3 is 4.74 Å². The van der Waals surface area contributed by atoms with Crippen molar-refractivity contribution >= 4 is 27.8 Å². The van der Waals surface area contributed by atoms with E-state index in [1.54, 1.807) is 6.26 Å². The average Bonchev–Trinajstić information content (AvgIpc) is 3.41. The molecule has 3 heterocycles. The fraction of sp³-hybridized carbons (Fsp3) is 0.320. The number of hydrogen-bond donors (Lipinski definition) is 0. The molecule has 0 saturated carbocycles. The summed E-state index contributed by atoms with van der Waals surface area (Å²) >= 11 is 1.47. The Morgan fingerprint density at radius 3 is 3.06 bits per heavy atom. The second-order valence-electron chi connectivity index (χ2n) is 9.09. The van der Waals surface area contributed by atoms with Crippen molar-refractivity contribution in [2.45, 2.75) is 46.1 Å². The van der Waals surface area contributed by atoms with E-state index in [0.717, 1.165) is 57.4 Å². The van der Waals surface area contributed by atoms with Gasteiger partial charge in [0.05, 0.1) is 29.5 Å². The molecule has 6 nitrogen and oxygen atoms in total. The molecular weight excluding hydrogens is 420 g/mol. The van der Waals surface area contributed by atoms with Gasteiger partial charge in [-0.1, -0.05) is 43.4 Å². The van der Waals surface area contributed by atoms with Crippen molar-refractivity contribution in [2.24, 2.45) is 5.41 Å². The molecule has 0 saturated heterocycles. The Kier molecular flexibility index (Phi) is 5.21. The van der Waals surface area contributed by atoms with Crippen LogP contribution in [0.1, 0.15) is 54.0 Å². The first-order valence-corrected chi connectivity index (χ1v) is 11.7. The standard InChI is InChI=1S/C25H26N4O2S/c1-4-9-29-15-17(14-26-29)18-7-5-6-8-19(18)22-16-28(10-11-31-22)24-27-20-12-25(2,3)13-21(30)23(20)32-24/h4-5,7,10-11,14-16H,1,6,8-9,12-13H2,2-3H3. The van der Waals surface area contributed by atoms with Crippen molar-refractivity contribution in [1.82, 2.24) is 14.8 Å². The van der Waals surface area contributed by atoms with Gasteiger partial charge in [-0.05, 0) is 30.3 Å². The Hall–Kier alpha value is -3.19. The van der Waals surface area contributed by atoms with Crippen molar-refractivity contribution in [2.75, 3.05) is 4.90 Å². The number of allylic oxidation sites excluding steroid dienone is 5. The molecule has 3 aliphatic rings. The van der Waals surface area contributed by atoms with Crippen LogP contribution in [0, 0.1) is 5.41 Å². The lowest BCUT2D eigenvalue weighted by Gasteiger charge is -2.26. The molecule has 164 valence electrons. The van der Waals surface area contributed by atoms with Crippen molar-refractivity contribution in [3.05, 3.63) is 83.3 Å². The number of fused-ring (bicyclic) bond motifs is 1. The molecule has 0 amide bonds. The molecule has 2 aliphatic carbocycles. The second-order valence-corrected chi connectivity index (χ2v) is 10.1. The van der Waals surface area contributed by atoms with Crippen molar-refractivity contribution in [1.29, 1.82) is 0 Å². The molecule has 2 aromatic heterocycles. The molecule has 0 atom stereocenters. The molecule has 0 bridgehead atoms. The summed E-state index contributed by atoms with van der Waals surface area (Å²) in [5.74, 6) is 0.989. The van der Waals surface area contributed by atoms with Crippen LogP contribution in [-0.4, -0.2) is 20.5 Å². The molecule has 5 rings (SSSR count). The number of rotatable bonds is 5. The number of aromatic nitrogens is 3. The van der Waals surface area contributed by atoms with E-state index in [2.05, 4.69) is 37.7 Å². The summed E-state index contributed by atoms with van der Waals surface area (Å²) in [6.45, 7) is 8.71. The van der Waals surface area contributed by atoms with Crippen LogP contribution in [0.25, 0.3) is 5.57 Å². The fourth-order valence-electron chi connectivity index (χ4n) is 4.38. The van der Waals surface area contributed by atoms with Crippen LogP contribution in [0.15, 0.2) is 67.2 Å². The van der Waals surface area contributed by atoms with E-state index >= 15 is 0 Å². The molecular formula is C25H26N4O2S. The van der Waals surface area contributed by atoms with E-state index < -0.39 is 0 Å². The van der Waals surface area contributed by atoms with E-state index in [-0.39, 0.29) is 11.2 Å². The Balaban J connectivity index is 1.49. The van der Waals surface area contributed by atoms with Gasteiger partial charge in [0.25, 0.3) is 0 Å². The first kappa shape index (κ1) is 20.7. The van der Waals surface area contributed by atoms with Crippen molar-refractivity contribution < 1.29 is 9.53 Å².